The number of nitrogens with one attached hydrogen (secondary N) is 2. The summed E-state index contributed by atoms with van der Waals surface area (Å²) in [6.45, 7) is 10.1. The van der Waals surface area contributed by atoms with Crippen molar-refractivity contribution in [2.24, 2.45) is 5.92 Å². The summed E-state index contributed by atoms with van der Waals surface area (Å²) in [6.07, 6.45) is -0.750. The van der Waals surface area contributed by atoms with Gasteiger partial charge in [-0.25, -0.2) is 9.18 Å². The van der Waals surface area contributed by atoms with E-state index in [1.165, 1.54) is 0 Å². The normalized spacial score (nSPS) is 13.7. The lowest BCUT2D eigenvalue weighted by Gasteiger charge is -2.18. The number of benzene rings is 1. The molecule has 0 spiro atoms. The first-order chi connectivity index (χ1) is 11.2. The number of amides is 2. The molecular formula is C18H29FN2O3. The predicted molar refractivity (Wildman–Crippen MR) is 92.5 cm³/mol. The number of aryl methyl sites for hydroxylation is 2. The molecule has 2 unspecified atom stereocenters. The van der Waals surface area contributed by atoms with E-state index >= 15 is 0 Å². The molecule has 0 heterocycles. The predicted octanol–water partition coefficient (Wildman–Crippen LogP) is 2.84. The topological polar surface area (TPSA) is 70.6 Å². The second kappa shape index (κ2) is 9.59. The number of aliphatic hydroxyl groups excluding tert-OH is 1. The van der Waals surface area contributed by atoms with Gasteiger partial charge in [-0.1, -0.05) is 26.0 Å². The Balaban J connectivity index is 2.42. The molecule has 24 heavy (non-hydrogen) atoms. The van der Waals surface area contributed by atoms with Gasteiger partial charge < -0.3 is 20.5 Å². The van der Waals surface area contributed by atoms with Gasteiger partial charge in [-0.05, 0) is 43.4 Å². The largest absolute Gasteiger partial charge is 0.389 e. The van der Waals surface area contributed by atoms with Crippen molar-refractivity contribution in [2.45, 2.75) is 46.8 Å². The second-order valence-corrected chi connectivity index (χ2v) is 6.63. The molecule has 0 aromatic heterocycles. The fraction of sp³-hybridized carbons (Fsp3) is 0.611. The van der Waals surface area contributed by atoms with Crippen molar-refractivity contribution in [3.63, 3.8) is 0 Å². The molecule has 0 aliphatic heterocycles. The maximum Gasteiger partial charge on any atom is 0.315 e. The van der Waals surface area contributed by atoms with E-state index in [1.807, 2.05) is 20.8 Å². The number of aliphatic hydroxyl groups is 1. The lowest BCUT2D eigenvalue weighted by Crippen LogP contribution is -2.42. The van der Waals surface area contributed by atoms with Crippen LogP contribution in [0, 0.1) is 25.6 Å². The van der Waals surface area contributed by atoms with Gasteiger partial charge in [0.25, 0.3) is 0 Å². The summed E-state index contributed by atoms with van der Waals surface area (Å²) in [5.41, 5.74) is 1.94. The van der Waals surface area contributed by atoms with Crippen molar-refractivity contribution in [1.82, 2.24) is 10.6 Å². The molecule has 2 amide bonds. The SMILES string of the molecule is Cc1cc(C(C)NC(=O)NCC(O)COCC(C)C)cc(C)c1F. The molecule has 6 heteroatoms. The smallest absolute Gasteiger partial charge is 0.315 e. The van der Waals surface area contributed by atoms with E-state index in [0.29, 0.717) is 23.7 Å². The Morgan fingerprint density at radius 3 is 2.33 bits per heavy atom. The van der Waals surface area contributed by atoms with Crippen molar-refractivity contribution in [1.29, 1.82) is 0 Å². The van der Waals surface area contributed by atoms with E-state index in [4.69, 9.17) is 4.74 Å². The summed E-state index contributed by atoms with van der Waals surface area (Å²) >= 11 is 0. The number of carbonyl (C=O) groups excluding carboxylic acids is 1. The summed E-state index contributed by atoms with van der Waals surface area (Å²) in [5, 5.41) is 15.1. The zero-order valence-electron chi connectivity index (χ0n) is 15.1. The minimum absolute atomic E-state index is 0.109. The Labute approximate surface area is 143 Å². The number of urea groups is 1. The van der Waals surface area contributed by atoms with Gasteiger partial charge in [-0.2, -0.15) is 0 Å². The van der Waals surface area contributed by atoms with E-state index in [1.54, 1.807) is 26.0 Å². The third kappa shape index (κ3) is 6.84. The third-order valence-corrected chi connectivity index (χ3v) is 3.57. The molecule has 0 saturated carbocycles. The van der Waals surface area contributed by atoms with E-state index in [9.17, 15) is 14.3 Å². The van der Waals surface area contributed by atoms with Crippen LogP contribution in [0.1, 0.15) is 43.5 Å². The van der Waals surface area contributed by atoms with Crippen LogP contribution < -0.4 is 10.6 Å². The molecule has 0 aliphatic carbocycles. The van der Waals surface area contributed by atoms with Crippen LogP contribution in [0.15, 0.2) is 12.1 Å². The Hall–Kier alpha value is -1.66. The number of rotatable bonds is 8. The summed E-state index contributed by atoms with van der Waals surface area (Å²) in [5.74, 6) is 0.178. The number of hydrogen-bond acceptors (Lipinski definition) is 3. The molecule has 1 aromatic rings. The van der Waals surface area contributed by atoms with Crippen LogP contribution in [0.25, 0.3) is 0 Å². The number of halogens is 1. The zero-order valence-corrected chi connectivity index (χ0v) is 15.1. The highest BCUT2D eigenvalue weighted by Gasteiger charge is 2.13. The Bertz CT molecular complexity index is 526. The Morgan fingerprint density at radius 2 is 1.79 bits per heavy atom. The van der Waals surface area contributed by atoms with Gasteiger partial charge in [-0.3, -0.25) is 0 Å². The highest BCUT2D eigenvalue weighted by atomic mass is 19.1. The van der Waals surface area contributed by atoms with Crippen molar-refractivity contribution in [3.8, 4) is 0 Å². The average molecular weight is 340 g/mol. The molecule has 0 fully saturated rings. The minimum Gasteiger partial charge on any atom is -0.389 e. The van der Waals surface area contributed by atoms with Gasteiger partial charge in [0.1, 0.15) is 5.82 Å². The van der Waals surface area contributed by atoms with Gasteiger partial charge in [0.15, 0.2) is 0 Å². The lowest BCUT2D eigenvalue weighted by atomic mass is 10.0. The van der Waals surface area contributed by atoms with E-state index < -0.39 is 6.10 Å². The van der Waals surface area contributed by atoms with Crippen LogP contribution in [0.4, 0.5) is 9.18 Å². The fourth-order valence-corrected chi connectivity index (χ4v) is 2.27. The van der Waals surface area contributed by atoms with E-state index in [2.05, 4.69) is 10.6 Å². The van der Waals surface area contributed by atoms with Crippen LogP contribution in [-0.2, 0) is 4.74 Å². The number of carbonyl (C=O) groups is 1. The highest BCUT2D eigenvalue weighted by Crippen LogP contribution is 2.19. The average Bonchev–Trinajstić information content (AvgIpc) is 2.49. The highest BCUT2D eigenvalue weighted by molar-refractivity contribution is 5.74. The second-order valence-electron chi connectivity index (χ2n) is 6.63. The number of ether oxygens (including phenoxy) is 1. The molecule has 136 valence electrons. The summed E-state index contributed by atoms with van der Waals surface area (Å²) in [4.78, 5) is 11.9. The molecule has 1 rings (SSSR count). The Morgan fingerprint density at radius 1 is 1.21 bits per heavy atom. The van der Waals surface area contributed by atoms with Crippen molar-refractivity contribution in [3.05, 3.63) is 34.6 Å². The molecular weight excluding hydrogens is 311 g/mol. The van der Waals surface area contributed by atoms with Crippen LogP contribution in [-0.4, -0.2) is 37.0 Å². The van der Waals surface area contributed by atoms with E-state index in [0.717, 1.165) is 5.56 Å². The summed E-state index contributed by atoms with van der Waals surface area (Å²) in [7, 11) is 0. The van der Waals surface area contributed by atoms with Gasteiger partial charge in [0, 0.05) is 13.2 Å². The molecule has 1 aromatic carbocycles. The zero-order chi connectivity index (χ0) is 18.3. The molecule has 0 radical (unpaired) electrons. The van der Waals surface area contributed by atoms with Gasteiger partial charge in [0.2, 0.25) is 0 Å². The van der Waals surface area contributed by atoms with E-state index in [-0.39, 0.29) is 31.0 Å². The maximum absolute atomic E-state index is 13.7. The fourth-order valence-electron chi connectivity index (χ4n) is 2.27. The van der Waals surface area contributed by atoms with Crippen molar-refractivity contribution in [2.75, 3.05) is 19.8 Å². The summed E-state index contributed by atoms with van der Waals surface area (Å²) < 4.78 is 19.0. The molecule has 0 bridgehead atoms. The monoisotopic (exact) mass is 340 g/mol. The third-order valence-electron chi connectivity index (χ3n) is 3.57. The maximum atomic E-state index is 13.7. The van der Waals surface area contributed by atoms with Crippen molar-refractivity contribution >= 4 is 6.03 Å². The summed E-state index contributed by atoms with van der Waals surface area (Å²) in [6, 6.07) is 2.80. The van der Waals surface area contributed by atoms with Crippen LogP contribution in [0.2, 0.25) is 0 Å². The van der Waals surface area contributed by atoms with Crippen molar-refractivity contribution < 1.29 is 19.0 Å². The van der Waals surface area contributed by atoms with Crippen LogP contribution in [0.3, 0.4) is 0 Å². The molecule has 3 N–H and O–H groups in total. The van der Waals surface area contributed by atoms with Crippen LogP contribution >= 0.6 is 0 Å². The van der Waals surface area contributed by atoms with Crippen LogP contribution in [0.5, 0.6) is 0 Å². The first-order valence-corrected chi connectivity index (χ1v) is 8.27. The number of hydrogen-bond donors (Lipinski definition) is 3. The lowest BCUT2D eigenvalue weighted by molar-refractivity contribution is 0.0272. The molecule has 0 aliphatic rings. The first kappa shape index (κ1) is 20.4. The Kier molecular flexibility index (Phi) is 8.15. The standard InChI is InChI=1S/C18H29FN2O3/c1-11(2)9-24-10-16(22)8-20-18(23)21-14(5)15-6-12(3)17(19)13(4)7-15/h6-7,11,14,16,22H,8-10H2,1-5H3,(H2,20,21,23). The first-order valence-electron chi connectivity index (χ1n) is 8.27. The molecule has 0 saturated heterocycles. The molecule has 2 atom stereocenters. The van der Waals surface area contributed by atoms with Gasteiger partial charge in [-0.15, -0.1) is 0 Å². The molecule has 5 nitrogen and oxygen atoms in total. The quantitative estimate of drug-likeness (QED) is 0.681. The minimum atomic E-state index is -0.750. The van der Waals surface area contributed by atoms with Gasteiger partial charge in [0.05, 0.1) is 18.8 Å². The van der Waals surface area contributed by atoms with Gasteiger partial charge >= 0.3 is 6.03 Å².